The van der Waals surface area contributed by atoms with E-state index in [1.54, 1.807) is 11.8 Å². The van der Waals surface area contributed by atoms with Gasteiger partial charge in [0.25, 0.3) is 0 Å². The van der Waals surface area contributed by atoms with Crippen molar-refractivity contribution in [2.75, 3.05) is 0 Å². The molecule has 0 saturated carbocycles. The highest BCUT2D eigenvalue weighted by Gasteiger charge is 2.05. The van der Waals surface area contributed by atoms with Crippen molar-refractivity contribution in [3.8, 4) is 0 Å². The van der Waals surface area contributed by atoms with E-state index in [1.165, 1.54) is 0 Å². The third-order valence-electron chi connectivity index (χ3n) is 2.22. The van der Waals surface area contributed by atoms with E-state index in [1.807, 2.05) is 42.5 Å². The lowest BCUT2D eigenvalue weighted by Crippen LogP contribution is -1.87. The second-order valence-corrected chi connectivity index (χ2v) is 5.94. The highest BCUT2D eigenvalue weighted by molar-refractivity contribution is 9.10. The predicted molar refractivity (Wildman–Crippen MR) is 75.6 cm³/mol. The Morgan fingerprint density at radius 1 is 1.18 bits per heavy atom. The van der Waals surface area contributed by atoms with E-state index in [4.69, 9.17) is 11.6 Å². The van der Waals surface area contributed by atoms with Gasteiger partial charge < -0.3 is 5.11 Å². The minimum atomic E-state index is 0.0301. The average molecular weight is 330 g/mol. The molecule has 88 valence electrons. The van der Waals surface area contributed by atoms with Crippen molar-refractivity contribution < 1.29 is 5.11 Å². The zero-order valence-corrected chi connectivity index (χ0v) is 12.0. The predicted octanol–water partition coefficient (Wildman–Crippen LogP) is 4.75. The molecule has 0 bridgehead atoms. The van der Waals surface area contributed by atoms with Crippen LogP contribution < -0.4 is 0 Å². The number of hydrogen-bond acceptors (Lipinski definition) is 2. The fourth-order valence-corrected chi connectivity index (χ4v) is 3.07. The molecule has 0 aliphatic carbocycles. The minimum absolute atomic E-state index is 0.0301. The molecule has 0 amide bonds. The third-order valence-corrected chi connectivity index (χ3v) is 4.05. The molecular formula is C13H10BrClOS. The molecule has 2 aromatic rings. The molecule has 17 heavy (non-hydrogen) atoms. The van der Waals surface area contributed by atoms with E-state index >= 15 is 0 Å². The third kappa shape index (κ3) is 3.49. The lowest BCUT2D eigenvalue weighted by Gasteiger charge is -2.07. The Hall–Kier alpha value is -0.480. The number of halogens is 2. The maximum atomic E-state index is 9.32. The van der Waals surface area contributed by atoms with Crippen LogP contribution in [0.1, 0.15) is 5.56 Å². The van der Waals surface area contributed by atoms with E-state index in [0.717, 1.165) is 24.8 Å². The van der Waals surface area contributed by atoms with Gasteiger partial charge in [-0.3, -0.25) is 0 Å². The van der Waals surface area contributed by atoms with Gasteiger partial charge >= 0.3 is 0 Å². The molecule has 2 rings (SSSR count). The van der Waals surface area contributed by atoms with Gasteiger partial charge in [0.15, 0.2) is 0 Å². The molecule has 0 fully saturated rings. The Bertz CT molecular complexity index is 531. The smallest absolute Gasteiger partial charge is 0.0693 e. The first-order valence-corrected chi connectivity index (χ1v) is 7.00. The standard InChI is InChI=1S/C13H10BrClOS/c14-10-4-5-13(9(6-10)8-16)17-12-3-1-2-11(15)7-12/h1-7,16H,8H2. The molecule has 0 heterocycles. The number of rotatable bonds is 3. The van der Waals surface area contributed by atoms with Crippen LogP contribution in [0.5, 0.6) is 0 Å². The molecule has 0 spiro atoms. The molecule has 1 N–H and O–H groups in total. The lowest BCUT2D eigenvalue weighted by atomic mass is 10.2. The van der Waals surface area contributed by atoms with Crippen LogP contribution in [0.2, 0.25) is 5.02 Å². The van der Waals surface area contributed by atoms with Crippen molar-refractivity contribution >= 4 is 39.3 Å². The molecule has 0 saturated heterocycles. The van der Waals surface area contributed by atoms with E-state index in [-0.39, 0.29) is 6.61 Å². The van der Waals surface area contributed by atoms with Crippen molar-refractivity contribution in [3.05, 3.63) is 57.5 Å². The van der Waals surface area contributed by atoms with E-state index in [0.29, 0.717) is 0 Å². The van der Waals surface area contributed by atoms with Crippen LogP contribution >= 0.6 is 39.3 Å². The van der Waals surface area contributed by atoms with Crippen LogP contribution in [0.25, 0.3) is 0 Å². The number of benzene rings is 2. The van der Waals surface area contributed by atoms with Crippen molar-refractivity contribution in [3.63, 3.8) is 0 Å². The zero-order chi connectivity index (χ0) is 12.3. The van der Waals surface area contributed by atoms with Gasteiger partial charge in [0, 0.05) is 19.3 Å². The van der Waals surface area contributed by atoms with Crippen LogP contribution in [-0.4, -0.2) is 5.11 Å². The molecule has 0 radical (unpaired) electrons. The summed E-state index contributed by atoms with van der Waals surface area (Å²) >= 11 is 10.9. The maximum Gasteiger partial charge on any atom is 0.0693 e. The topological polar surface area (TPSA) is 20.2 Å². The monoisotopic (exact) mass is 328 g/mol. The minimum Gasteiger partial charge on any atom is -0.392 e. The van der Waals surface area contributed by atoms with Gasteiger partial charge in [-0.25, -0.2) is 0 Å². The second-order valence-electron chi connectivity index (χ2n) is 3.47. The second kappa shape index (κ2) is 5.91. The summed E-state index contributed by atoms with van der Waals surface area (Å²) in [5.41, 5.74) is 0.907. The van der Waals surface area contributed by atoms with Gasteiger partial charge in [0.05, 0.1) is 6.61 Å². The first-order valence-electron chi connectivity index (χ1n) is 5.02. The van der Waals surface area contributed by atoms with Gasteiger partial charge in [-0.15, -0.1) is 0 Å². The Labute approximate surface area is 118 Å². The summed E-state index contributed by atoms with van der Waals surface area (Å²) < 4.78 is 0.969. The van der Waals surface area contributed by atoms with Crippen LogP contribution in [-0.2, 0) is 6.61 Å². The molecule has 0 unspecified atom stereocenters. The Balaban J connectivity index is 2.29. The summed E-state index contributed by atoms with van der Waals surface area (Å²) in [5.74, 6) is 0. The molecule has 0 aliphatic rings. The number of hydrogen-bond donors (Lipinski definition) is 1. The van der Waals surface area contributed by atoms with Crippen molar-refractivity contribution in [1.29, 1.82) is 0 Å². The fourth-order valence-electron chi connectivity index (χ4n) is 1.43. The number of aliphatic hydroxyl groups is 1. The molecule has 4 heteroatoms. The summed E-state index contributed by atoms with van der Waals surface area (Å²) in [4.78, 5) is 2.10. The van der Waals surface area contributed by atoms with Crippen molar-refractivity contribution in [2.45, 2.75) is 16.4 Å². The first-order chi connectivity index (χ1) is 8.19. The largest absolute Gasteiger partial charge is 0.392 e. The summed E-state index contributed by atoms with van der Waals surface area (Å²) in [6, 6.07) is 13.6. The number of aliphatic hydroxyl groups excluding tert-OH is 1. The Morgan fingerprint density at radius 2 is 2.00 bits per heavy atom. The maximum absolute atomic E-state index is 9.32. The van der Waals surface area contributed by atoms with Gasteiger partial charge in [-0.05, 0) is 42.0 Å². The Kier molecular flexibility index (Phi) is 4.51. The molecule has 0 atom stereocenters. The Morgan fingerprint density at radius 3 is 2.71 bits per heavy atom. The molecule has 0 aromatic heterocycles. The fraction of sp³-hybridized carbons (Fsp3) is 0.0769. The lowest BCUT2D eigenvalue weighted by molar-refractivity contribution is 0.279. The first kappa shape index (κ1) is 13.0. The van der Waals surface area contributed by atoms with Crippen LogP contribution in [0.3, 0.4) is 0 Å². The van der Waals surface area contributed by atoms with Gasteiger partial charge in [0.2, 0.25) is 0 Å². The van der Waals surface area contributed by atoms with E-state index in [2.05, 4.69) is 15.9 Å². The van der Waals surface area contributed by atoms with Crippen LogP contribution in [0, 0.1) is 0 Å². The SMILES string of the molecule is OCc1cc(Br)ccc1Sc1cccc(Cl)c1. The van der Waals surface area contributed by atoms with E-state index < -0.39 is 0 Å². The highest BCUT2D eigenvalue weighted by atomic mass is 79.9. The van der Waals surface area contributed by atoms with Crippen molar-refractivity contribution in [1.82, 2.24) is 0 Å². The van der Waals surface area contributed by atoms with Crippen molar-refractivity contribution in [2.24, 2.45) is 0 Å². The summed E-state index contributed by atoms with van der Waals surface area (Å²) in [6.45, 7) is 0.0301. The van der Waals surface area contributed by atoms with Gasteiger partial charge in [-0.2, -0.15) is 0 Å². The van der Waals surface area contributed by atoms with Gasteiger partial charge in [0.1, 0.15) is 0 Å². The van der Waals surface area contributed by atoms with Gasteiger partial charge in [-0.1, -0.05) is 45.4 Å². The average Bonchev–Trinajstić information content (AvgIpc) is 2.31. The molecule has 0 aliphatic heterocycles. The zero-order valence-electron chi connectivity index (χ0n) is 8.86. The van der Waals surface area contributed by atoms with Crippen LogP contribution in [0.15, 0.2) is 56.7 Å². The molecular weight excluding hydrogens is 320 g/mol. The summed E-state index contributed by atoms with van der Waals surface area (Å²) in [6.07, 6.45) is 0. The molecule has 2 aromatic carbocycles. The highest BCUT2D eigenvalue weighted by Crippen LogP contribution is 2.33. The van der Waals surface area contributed by atoms with E-state index in [9.17, 15) is 5.11 Å². The molecule has 1 nitrogen and oxygen atoms in total. The summed E-state index contributed by atoms with van der Waals surface area (Å²) in [7, 11) is 0. The normalized spacial score (nSPS) is 10.5. The summed E-state index contributed by atoms with van der Waals surface area (Å²) in [5, 5.41) is 10.0. The quantitative estimate of drug-likeness (QED) is 0.877. The van der Waals surface area contributed by atoms with Crippen LogP contribution in [0.4, 0.5) is 0 Å².